The normalized spacial score (nSPS) is 13.4. The third-order valence-electron chi connectivity index (χ3n) is 4.51. The first kappa shape index (κ1) is 16.0. The number of aromatic nitrogens is 1. The molecule has 0 unspecified atom stereocenters. The molecule has 4 nitrogen and oxygen atoms in total. The fourth-order valence-electron chi connectivity index (χ4n) is 3.10. The van der Waals surface area contributed by atoms with Crippen molar-refractivity contribution < 1.29 is 4.79 Å². The minimum Gasteiger partial charge on any atom is -0.326 e. The number of amides is 1. The number of thiazole rings is 1. The fourth-order valence-corrected chi connectivity index (χ4v) is 4.04. The van der Waals surface area contributed by atoms with Crippen LogP contribution in [0.1, 0.15) is 22.4 Å². The van der Waals surface area contributed by atoms with E-state index >= 15 is 0 Å². The van der Waals surface area contributed by atoms with Gasteiger partial charge >= 0.3 is 0 Å². The third kappa shape index (κ3) is 3.08. The maximum atomic E-state index is 11.5. The number of hydrogen-bond acceptors (Lipinski definition) is 4. The molecule has 126 valence electrons. The summed E-state index contributed by atoms with van der Waals surface area (Å²) >= 11 is 1.70. The molecule has 0 spiro atoms. The summed E-state index contributed by atoms with van der Waals surface area (Å²) in [5, 5.41) is 3.94. The molecule has 1 amide bonds. The van der Waals surface area contributed by atoms with Gasteiger partial charge in [-0.2, -0.15) is 0 Å². The first-order valence-electron chi connectivity index (χ1n) is 8.34. The minimum absolute atomic E-state index is 0.0910. The van der Waals surface area contributed by atoms with Crippen molar-refractivity contribution >= 4 is 22.9 Å². The average Bonchev–Trinajstić information content (AvgIpc) is 3.03. The summed E-state index contributed by atoms with van der Waals surface area (Å²) in [6.07, 6.45) is 1.33. The summed E-state index contributed by atoms with van der Waals surface area (Å²) in [6.45, 7) is 2.65. The van der Waals surface area contributed by atoms with Gasteiger partial charge in [-0.05, 0) is 36.6 Å². The number of carbonyl (C=O) groups is 1. The molecule has 5 heteroatoms. The van der Waals surface area contributed by atoms with Crippen molar-refractivity contribution in [3.63, 3.8) is 0 Å². The van der Waals surface area contributed by atoms with Crippen molar-refractivity contribution in [2.75, 3.05) is 5.32 Å². The second-order valence-electron chi connectivity index (χ2n) is 6.24. The van der Waals surface area contributed by atoms with Gasteiger partial charge in [-0.15, -0.1) is 11.3 Å². The molecule has 0 radical (unpaired) electrons. The molecule has 0 fully saturated rings. The monoisotopic (exact) mass is 349 g/mol. The quantitative estimate of drug-likeness (QED) is 0.747. The molecule has 3 N–H and O–H groups in total. The van der Waals surface area contributed by atoms with Crippen LogP contribution in [-0.2, 0) is 17.8 Å². The highest BCUT2D eigenvalue weighted by molar-refractivity contribution is 7.15. The maximum Gasteiger partial charge on any atom is 0.224 e. The molecule has 1 aromatic heterocycles. The summed E-state index contributed by atoms with van der Waals surface area (Å²) in [5.41, 5.74) is 12.1. The Hall–Kier alpha value is -2.50. The maximum absolute atomic E-state index is 11.5. The van der Waals surface area contributed by atoms with Crippen molar-refractivity contribution in [2.24, 2.45) is 5.73 Å². The molecule has 0 aliphatic carbocycles. The van der Waals surface area contributed by atoms with Crippen molar-refractivity contribution in [3.05, 3.63) is 58.5 Å². The highest BCUT2D eigenvalue weighted by Crippen LogP contribution is 2.35. The first-order valence-corrected chi connectivity index (χ1v) is 9.15. The lowest BCUT2D eigenvalue weighted by Gasteiger charge is -2.17. The Morgan fingerprint density at radius 2 is 1.88 bits per heavy atom. The topological polar surface area (TPSA) is 68.0 Å². The van der Waals surface area contributed by atoms with E-state index in [-0.39, 0.29) is 5.91 Å². The largest absolute Gasteiger partial charge is 0.326 e. The molecule has 3 aromatic rings. The number of carbonyl (C=O) groups excluding carboxylic acids is 1. The summed E-state index contributed by atoms with van der Waals surface area (Å²) in [4.78, 5) is 17.6. The lowest BCUT2D eigenvalue weighted by Crippen LogP contribution is -2.18. The number of nitrogens with one attached hydrogen (secondary N) is 1. The van der Waals surface area contributed by atoms with Crippen LogP contribution in [0.2, 0.25) is 0 Å². The van der Waals surface area contributed by atoms with Gasteiger partial charge in [0.05, 0.1) is 5.69 Å². The molecule has 1 aliphatic rings. The molecular weight excluding hydrogens is 330 g/mol. The van der Waals surface area contributed by atoms with Gasteiger partial charge in [0.15, 0.2) is 0 Å². The van der Waals surface area contributed by atoms with Crippen molar-refractivity contribution in [3.8, 4) is 21.8 Å². The van der Waals surface area contributed by atoms with Gasteiger partial charge in [-0.25, -0.2) is 4.98 Å². The van der Waals surface area contributed by atoms with Crippen LogP contribution in [0.25, 0.3) is 21.8 Å². The Kier molecular flexibility index (Phi) is 4.11. The third-order valence-corrected chi connectivity index (χ3v) is 5.53. The van der Waals surface area contributed by atoms with Crippen LogP contribution in [0.3, 0.4) is 0 Å². The summed E-state index contributed by atoms with van der Waals surface area (Å²) in [6, 6.07) is 14.4. The van der Waals surface area contributed by atoms with E-state index in [4.69, 9.17) is 10.7 Å². The zero-order valence-electron chi connectivity index (χ0n) is 14.0. The van der Waals surface area contributed by atoms with Crippen molar-refractivity contribution in [2.45, 2.75) is 26.3 Å². The standard InChI is InChI=1S/C20H19N3OS/c1-12-19(16-6-8-17-15(10-16)7-9-18(24)22-17)23-20(25-12)14-4-2-13(11-21)3-5-14/h2-6,8,10H,7,9,11,21H2,1H3,(H,22,24). The Morgan fingerprint density at radius 1 is 1.12 bits per heavy atom. The van der Waals surface area contributed by atoms with Crippen molar-refractivity contribution in [1.29, 1.82) is 0 Å². The molecule has 4 rings (SSSR count). The van der Waals surface area contributed by atoms with E-state index in [1.165, 1.54) is 10.4 Å². The van der Waals surface area contributed by atoms with Gasteiger partial charge < -0.3 is 11.1 Å². The highest BCUT2D eigenvalue weighted by Gasteiger charge is 2.17. The van der Waals surface area contributed by atoms with Crippen LogP contribution in [-0.4, -0.2) is 10.9 Å². The average molecular weight is 349 g/mol. The molecule has 1 aliphatic heterocycles. The predicted octanol–water partition coefficient (Wildman–Crippen LogP) is 4.13. The Bertz CT molecular complexity index is 944. The van der Waals surface area contributed by atoms with Crippen LogP contribution >= 0.6 is 11.3 Å². The van der Waals surface area contributed by atoms with Crippen molar-refractivity contribution in [1.82, 2.24) is 4.98 Å². The molecule has 25 heavy (non-hydrogen) atoms. The number of benzene rings is 2. The van der Waals surface area contributed by atoms with Gasteiger partial charge in [0.1, 0.15) is 5.01 Å². The Balaban J connectivity index is 1.69. The van der Waals surface area contributed by atoms with Gasteiger partial charge in [0, 0.05) is 34.7 Å². The van der Waals surface area contributed by atoms with Crippen LogP contribution in [0.15, 0.2) is 42.5 Å². The van der Waals surface area contributed by atoms with E-state index in [2.05, 4.69) is 30.4 Å². The molecule has 2 heterocycles. The van der Waals surface area contributed by atoms with E-state index in [0.717, 1.165) is 39.5 Å². The van der Waals surface area contributed by atoms with E-state index in [9.17, 15) is 4.79 Å². The molecule has 0 atom stereocenters. The van der Waals surface area contributed by atoms with E-state index in [0.29, 0.717) is 13.0 Å². The van der Waals surface area contributed by atoms with E-state index < -0.39 is 0 Å². The molecule has 0 saturated heterocycles. The second-order valence-corrected chi connectivity index (χ2v) is 7.45. The van der Waals surface area contributed by atoms with Gasteiger partial charge in [-0.1, -0.05) is 30.3 Å². The lowest BCUT2D eigenvalue weighted by molar-refractivity contribution is -0.116. The number of hydrogen-bond donors (Lipinski definition) is 2. The fraction of sp³-hybridized carbons (Fsp3) is 0.200. The number of fused-ring (bicyclic) bond motifs is 1. The van der Waals surface area contributed by atoms with Gasteiger partial charge in [-0.3, -0.25) is 4.79 Å². The smallest absolute Gasteiger partial charge is 0.224 e. The Morgan fingerprint density at radius 3 is 2.64 bits per heavy atom. The molecule has 2 aromatic carbocycles. The zero-order chi connectivity index (χ0) is 17.4. The molecular formula is C20H19N3OS. The van der Waals surface area contributed by atoms with Crippen LogP contribution in [0.5, 0.6) is 0 Å². The first-order chi connectivity index (χ1) is 12.1. The van der Waals surface area contributed by atoms with E-state index in [1.807, 2.05) is 24.3 Å². The van der Waals surface area contributed by atoms with Gasteiger partial charge in [0.2, 0.25) is 5.91 Å². The summed E-state index contributed by atoms with van der Waals surface area (Å²) in [7, 11) is 0. The lowest BCUT2D eigenvalue weighted by atomic mass is 9.99. The van der Waals surface area contributed by atoms with Crippen LogP contribution < -0.4 is 11.1 Å². The number of anilines is 1. The second kappa shape index (κ2) is 6.43. The SMILES string of the molecule is Cc1sc(-c2ccc(CN)cc2)nc1-c1ccc2c(c1)CCC(=O)N2. The number of nitrogens with zero attached hydrogens (tertiary/aromatic N) is 1. The predicted molar refractivity (Wildman–Crippen MR) is 103 cm³/mol. The summed E-state index contributed by atoms with van der Waals surface area (Å²) < 4.78 is 0. The number of nitrogens with two attached hydrogens (primary N) is 1. The van der Waals surface area contributed by atoms with Gasteiger partial charge in [0.25, 0.3) is 0 Å². The van der Waals surface area contributed by atoms with Crippen LogP contribution in [0, 0.1) is 6.92 Å². The summed E-state index contributed by atoms with van der Waals surface area (Å²) in [5.74, 6) is 0.0910. The molecule has 0 bridgehead atoms. The van der Waals surface area contributed by atoms with Crippen LogP contribution in [0.4, 0.5) is 5.69 Å². The highest BCUT2D eigenvalue weighted by atomic mass is 32.1. The zero-order valence-corrected chi connectivity index (χ0v) is 14.8. The Labute approximate surface area is 150 Å². The minimum atomic E-state index is 0.0910. The van der Waals surface area contributed by atoms with E-state index in [1.54, 1.807) is 11.3 Å². The number of aryl methyl sites for hydroxylation is 2. The molecule has 0 saturated carbocycles. The number of rotatable bonds is 3.